The highest BCUT2D eigenvalue weighted by Gasteiger charge is 2.30. The molecule has 0 spiro atoms. The molecule has 1 fully saturated rings. The first-order valence-corrected chi connectivity index (χ1v) is 8.23. The molecule has 7 nitrogen and oxygen atoms in total. The molecular weight excluding hydrogens is 346 g/mol. The Balaban J connectivity index is 1.83. The number of ether oxygens (including phenoxy) is 1. The SMILES string of the molecule is CC(C)(C)OC(=O)n1ncc2c(F)c(NC(=O)[C@H]3C[C@@H](F)CN3)ccc21. The van der Waals surface area contributed by atoms with Gasteiger partial charge in [-0.2, -0.15) is 9.78 Å². The topological polar surface area (TPSA) is 85.2 Å². The number of nitrogens with zero attached hydrogens (tertiary/aromatic N) is 2. The molecule has 1 aliphatic heterocycles. The minimum atomic E-state index is -1.09. The monoisotopic (exact) mass is 366 g/mol. The highest BCUT2D eigenvalue weighted by Crippen LogP contribution is 2.26. The second-order valence-electron chi connectivity index (χ2n) is 7.18. The lowest BCUT2D eigenvalue weighted by Gasteiger charge is -2.19. The Morgan fingerprint density at radius 1 is 1.38 bits per heavy atom. The smallest absolute Gasteiger partial charge is 0.435 e. The molecule has 0 bridgehead atoms. The van der Waals surface area contributed by atoms with E-state index in [2.05, 4.69) is 15.7 Å². The third-order valence-electron chi connectivity index (χ3n) is 3.91. The van der Waals surface area contributed by atoms with E-state index in [0.717, 1.165) is 4.68 Å². The molecule has 140 valence electrons. The molecule has 0 aliphatic carbocycles. The van der Waals surface area contributed by atoms with Gasteiger partial charge in [0.25, 0.3) is 0 Å². The minimum Gasteiger partial charge on any atom is -0.442 e. The van der Waals surface area contributed by atoms with Gasteiger partial charge in [0.15, 0.2) is 5.82 Å². The third kappa shape index (κ3) is 3.67. The third-order valence-corrected chi connectivity index (χ3v) is 3.91. The highest BCUT2D eigenvalue weighted by molar-refractivity contribution is 5.98. The quantitative estimate of drug-likeness (QED) is 0.853. The Bertz CT molecular complexity index is 860. The van der Waals surface area contributed by atoms with Crippen molar-refractivity contribution in [3.63, 3.8) is 0 Å². The van der Waals surface area contributed by atoms with Gasteiger partial charge in [0.1, 0.15) is 11.8 Å². The minimum absolute atomic E-state index is 0.0479. The second kappa shape index (κ2) is 6.64. The second-order valence-corrected chi connectivity index (χ2v) is 7.18. The van der Waals surface area contributed by atoms with Crippen molar-refractivity contribution in [2.45, 2.75) is 45.0 Å². The summed E-state index contributed by atoms with van der Waals surface area (Å²) < 4.78 is 34.1. The molecule has 1 aromatic heterocycles. The molecule has 1 aromatic carbocycles. The largest absolute Gasteiger partial charge is 0.442 e. The number of rotatable bonds is 2. The summed E-state index contributed by atoms with van der Waals surface area (Å²) in [5.74, 6) is -1.23. The van der Waals surface area contributed by atoms with Crippen LogP contribution in [0.15, 0.2) is 18.3 Å². The first kappa shape index (κ1) is 18.2. The molecule has 0 unspecified atom stereocenters. The summed E-state index contributed by atoms with van der Waals surface area (Å²) in [7, 11) is 0. The van der Waals surface area contributed by atoms with Gasteiger partial charge < -0.3 is 15.4 Å². The van der Waals surface area contributed by atoms with Gasteiger partial charge in [-0.15, -0.1) is 0 Å². The van der Waals surface area contributed by atoms with E-state index in [1.165, 1.54) is 18.3 Å². The highest BCUT2D eigenvalue weighted by atomic mass is 19.1. The number of hydrogen-bond donors (Lipinski definition) is 2. The molecule has 2 heterocycles. The summed E-state index contributed by atoms with van der Waals surface area (Å²) in [6.45, 7) is 5.24. The summed E-state index contributed by atoms with van der Waals surface area (Å²) in [6, 6.07) is 2.09. The van der Waals surface area contributed by atoms with Gasteiger partial charge in [-0.05, 0) is 32.9 Å². The van der Waals surface area contributed by atoms with Crippen molar-refractivity contribution in [2.24, 2.45) is 0 Å². The van der Waals surface area contributed by atoms with E-state index in [0.29, 0.717) is 0 Å². The fourth-order valence-electron chi connectivity index (χ4n) is 2.73. The summed E-state index contributed by atoms with van der Waals surface area (Å²) in [5.41, 5.74) is -0.558. The van der Waals surface area contributed by atoms with E-state index in [4.69, 9.17) is 4.74 Å². The van der Waals surface area contributed by atoms with Gasteiger partial charge in [-0.3, -0.25) is 4.79 Å². The van der Waals surface area contributed by atoms with Crippen molar-refractivity contribution in [3.05, 3.63) is 24.1 Å². The molecule has 0 radical (unpaired) electrons. The Hall–Kier alpha value is -2.55. The maximum absolute atomic E-state index is 14.7. The Morgan fingerprint density at radius 3 is 2.73 bits per heavy atom. The summed E-state index contributed by atoms with van der Waals surface area (Å²) >= 11 is 0. The van der Waals surface area contributed by atoms with Gasteiger partial charge in [0.2, 0.25) is 5.91 Å². The molecule has 2 N–H and O–H groups in total. The van der Waals surface area contributed by atoms with Gasteiger partial charge in [0.05, 0.1) is 28.8 Å². The molecule has 0 saturated carbocycles. The average molecular weight is 366 g/mol. The van der Waals surface area contributed by atoms with Crippen LogP contribution < -0.4 is 10.6 Å². The van der Waals surface area contributed by atoms with E-state index in [9.17, 15) is 18.4 Å². The zero-order chi connectivity index (χ0) is 19.1. The Kier molecular flexibility index (Phi) is 4.66. The van der Waals surface area contributed by atoms with Crippen molar-refractivity contribution in [1.29, 1.82) is 0 Å². The van der Waals surface area contributed by atoms with E-state index in [1.54, 1.807) is 20.8 Å². The number of hydrogen-bond acceptors (Lipinski definition) is 5. The summed E-state index contributed by atoms with van der Waals surface area (Å²) in [5, 5.41) is 9.12. The first-order chi connectivity index (χ1) is 12.2. The number of benzene rings is 1. The lowest BCUT2D eigenvalue weighted by Crippen LogP contribution is -2.35. The van der Waals surface area contributed by atoms with Crippen LogP contribution in [0.1, 0.15) is 27.2 Å². The molecule has 1 aliphatic rings. The maximum Gasteiger partial charge on any atom is 0.435 e. The number of aromatic nitrogens is 2. The molecular formula is C17H20F2N4O3. The molecule has 9 heteroatoms. The van der Waals surface area contributed by atoms with E-state index in [-0.39, 0.29) is 29.6 Å². The lowest BCUT2D eigenvalue weighted by atomic mass is 10.1. The van der Waals surface area contributed by atoms with Crippen LogP contribution in [0.25, 0.3) is 10.9 Å². The molecule has 2 atom stereocenters. The normalized spacial score (nSPS) is 20.3. The number of carbonyl (C=O) groups excluding carboxylic acids is 2. The predicted octanol–water partition coefficient (Wildman–Crippen LogP) is 2.60. The molecule has 1 saturated heterocycles. The number of nitrogens with one attached hydrogen (secondary N) is 2. The van der Waals surface area contributed by atoms with E-state index in [1.807, 2.05) is 0 Å². The van der Waals surface area contributed by atoms with E-state index < -0.39 is 35.6 Å². The fourth-order valence-corrected chi connectivity index (χ4v) is 2.73. The molecule has 2 aromatic rings. The van der Waals surface area contributed by atoms with Crippen molar-refractivity contribution in [3.8, 4) is 0 Å². The molecule has 1 amide bonds. The fraction of sp³-hybridized carbons (Fsp3) is 0.471. The number of amides is 1. The lowest BCUT2D eigenvalue weighted by molar-refractivity contribution is -0.117. The first-order valence-electron chi connectivity index (χ1n) is 8.23. The van der Waals surface area contributed by atoms with Crippen LogP contribution in [0.3, 0.4) is 0 Å². The van der Waals surface area contributed by atoms with Crippen LogP contribution in [0, 0.1) is 5.82 Å². The number of anilines is 1. The van der Waals surface area contributed by atoms with Crippen molar-refractivity contribution >= 4 is 28.6 Å². The van der Waals surface area contributed by atoms with Crippen LogP contribution >= 0.6 is 0 Å². The summed E-state index contributed by atoms with van der Waals surface area (Å²) in [6.07, 6.45) is -0.583. The van der Waals surface area contributed by atoms with Gasteiger partial charge >= 0.3 is 6.09 Å². The van der Waals surface area contributed by atoms with Gasteiger partial charge in [-0.1, -0.05) is 0 Å². The standard InChI is InChI=1S/C17H20F2N4O3/c1-17(2,3)26-16(25)23-13-5-4-11(14(19)10(13)8-21-23)22-15(24)12-6-9(18)7-20-12/h4-5,8-9,12,20H,6-7H2,1-3H3,(H,22,24)/t9-,12-/m1/s1. The average Bonchev–Trinajstić information content (AvgIpc) is 3.15. The zero-order valence-corrected chi connectivity index (χ0v) is 14.7. The Labute approximate surface area is 148 Å². The summed E-state index contributed by atoms with van der Waals surface area (Å²) in [4.78, 5) is 24.3. The van der Waals surface area contributed by atoms with Crippen LogP contribution in [-0.2, 0) is 9.53 Å². The predicted molar refractivity (Wildman–Crippen MR) is 91.3 cm³/mol. The van der Waals surface area contributed by atoms with Crippen molar-refractivity contribution < 1.29 is 23.1 Å². The van der Waals surface area contributed by atoms with Crippen LogP contribution in [-0.4, -0.2) is 46.1 Å². The van der Waals surface area contributed by atoms with Crippen LogP contribution in [0.4, 0.5) is 19.3 Å². The maximum atomic E-state index is 14.7. The van der Waals surface area contributed by atoms with Gasteiger partial charge in [0, 0.05) is 13.0 Å². The van der Waals surface area contributed by atoms with Crippen molar-refractivity contribution in [1.82, 2.24) is 15.1 Å². The zero-order valence-electron chi connectivity index (χ0n) is 14.7. The van der Waals surface area contributed by atoms with Crippen LogP contribution in [0.5, 0.6) is 0 Å². The van der Waals surface area contributed by atoms with Gasteiger partial charge in [-0.25, -0.2) is 13.6 Å². The van der Waals surface area contributed by atoms with Crippen molar-refractivity contribution in [2.75, 3.05) is 11.9 Å². The van der Waals surface area contributed by atoms with E-state index >= 15 is 0 Å². The van der Waals surface area contributed by atoms with Crippen LogP contribution in [0.2, 0.25) is 0 Å². The number of carbonyl (C=O) groups is 2. The Morgan fingerprint density at radius 2 is 2.12 bits per heavy atom. The number of alkyl halides is 1. The molecule has 26 heavy (non-hydrogen) atoms. The number of fused-ring (bicyclic) bond motifs is 1. The molecule has 3 rings (SSSR count). The number of halogens is 2.